The lowest BCUT2D eigenvalue weighted by molar-refractivity contribution is -0.148. The molecule has 7 nitrogen and oxygen atoms in total. The first kappa shape index (κ1) is 22.0. The maximum atomic E-state index is 11.6. The van der Waals surface area contributed by atoms with E-state index in [4.69, 9.17) is 32.7 Å². The minimum Gasteiger partial charge on any atom is -0.492 e. The number of carbonyl (C=O) groups excluding carboxylic acids is 3. The molecule has 10 heteroatoms. The lowest BCUT2D eigenvalue weighted by Gasteiger charge is -2.09. The number of rotatable bonds is 9. The molecule has 0 aliphatic heterocycles. The smallest absolute Gasteiger partial charge is 0.321 e. The maximum absolute atomic E-state index is 11.6. The number of halogens is 2. The van der Waals surface area contributed by atoms with Gasteiger partial charge < -0.3 is 14.8 Å². The predicted molar refractivity (Wildman–Crippen MR) is 107 cm³/mol. The van der Waals surface area contributed by atoms with Gasteiger partial charge in [0.05, 0.1) is 18.2 Å². The van der Waals surface area contributed by atoms with E-state index in [1.54, 1.807) is 18.2 Å². The monoisotopic (exact) mass is 444 g/mol. The van der Waals surface area contributed by atoms with Gasteiger partial charge in [0, 0.05) is 16.3 Å². The minimum atomic E-state index is -0.707. The zero-order valence-electron chi connectivity index (χ0n) is 14.7. The Labute approximate surface area is 175 Å². The van der Waals surface area contributed by atoms with E-state index in [9.17, 15) is 14.4 Å². The second-order valence-corrected chi connectivity index (χ2v) is 7.37. The summed E-state index contributed by atoms with van der Waals surface area (Å²) in [6, 6.07) is 7.91. The summed E-state index contributed by atoms with van der Waals surface area (Å²) in [7, 11) is 0. The zero-order chi connectivity index (χ0) is 20.4. The average Bonchev–Trinajstić information content (AvgIpc) is 3.17. The number of nitrogens with one attached hydrogen (secondary N) is 2. The molecule has 2 N–H and O–H groups in total. The van der Waals surface area contributed by atoms with E-state index in [-0.39, 0.29) is 13.0 Å². The lowest BCUT2D eigenvalue weighted by atomic mass is 10.3. The van der Waals surface area contributed by atoms with Crippen LogP contribution in [0.25, 0.3) is 0 Å². The van der Waals surface area contributed by atoms with Gasteiger partial charge in [0.1, 0.15) is 5.75 Å². The van der Waals surface area contributed by atoms with Crippen LogP contribution in [-0.4, -0.2) is 31.1 Å². The first-order valence-corrected chi connectivity index (χ1v) is 9.91. The third-order valence-corrected chi connectivity index (χ3v) is 4.70. The Morgan fingerprint density at radius 1 is 1.14 bits per heavy atom. The van der Waals surface area contributed by atoms with Crippen molar-refractivity contribution in [3.8, 4) is 5.75 Å². The van der Waals surface area contributed by atoms with E-state index in [2.05, 4.69) is 10.6 Å². The van der Waals surface area contributed by atoms with E-state index in [1.807, 2.05) is 17.5 Å². The summed E-state index contributed by atoms with van der Waals surface area (Å²) in [5.74, 6) is -0.812. The molecule has 28 heavy (non-hydrogen) atoms. The molecule has 0 bridgehead atoms. The van der Waals surface area contributed by atoms with Gasteiger partial charge in [-0.3, -0.25) is 14.9 Å². The van der Waals surface area contributed by atoms with Crippen LogP contribution in [0.3, 0.4) is 0 Å². The molecule has 1 aromatic heterocycles. The standard InChI is InChI=1S/C18H18Cl2N2O5S/c19-12-5-6-15(14(20)9-12)26-7-1-4-17(24)27-11-16(23)22-18(25)21-10-13-3-2-8-28-13/h2-3,5-6,8-9H,1,4,7,10-11H2,(H2,21,22,23,25). The van der Waals surface area contributed by atoms with Crippen molar-refractivity contribution >= 4 is 52.4 Å². The molecule has 1 aromatic carbocycles. The number of urea groups is 1. The lowest BCUT2D eigenvalue weighted by Crippen LogP contribution is -2.41. The summed E-state index contributed by atoms with van der Waals surface area (Å²) in [6.45, 7) is 0.0249. The SMILES string of the molecule is O=C(COC(=O)CCCOc1ccc(Cl)cc1Cl)NC(=O)NCc1cccs1. The van der Waals surface area contributed by atoms with E-state index in [0.717, 1.165) is 4.88 Å². The van der Waals surface area contributed by atoms with Crippen molar-refractivity contribution in [1.82, 2.24) is 10.6 Å². The highest BCUT2D eigenvalue weighted by Crippen LogP contribution is 2.27. The highest BCUT2D eigenvalue weighted by Gasteiger charge is 2.11. The van der Waals surface area contributed by atoms with Crippen LogP contribution in [-0.2, 0) is 20.9 Å². The number of amides is 3. The van der Waals surface area contributed by atoms with Gasteiger partial charge in [-0.25, -0.2) is 4.79 Å². The molecular formula is C18H18Cl2N2O5S. The van der Waals surface area contributed by atoms with Crippen LogP contribution in [0.1, 0.15) is 17.7 Å². The van der Waals surface area contributed by atoms with E-state index >= 15 is 0 Å². The molecule has 0 saturated carbocycles. The summed E-state index contributed by atoms with van der Waals surface area (Å²) in [5.41, 5.74) is 0. The molecule has 2 aromatic rings. The summed E-state index contributed by atoms with van der Waals surface area (Å²) < 4.78 is 10.3. The molecule has 0 aliphatic rings. The molecular weight excluding hydrogens is 427 g/mol. The average molecular weight is 445 g/mol. The van der Waals surface area contributed by atoms with Crippen molar-refractivity contribution in [2.75, 3.05) is 13.2 Å². The molecule has 0 fully saturated rings. The molecule has 0 spiro atoms. The van der Waals surface area contributed by atoms with Gasteiger partial charge in [-0.05, 0) is 36.1 Å². The second-order valence-electron chi connectivity index (χ2n) is 5.50. The molecule has 0 radical (unpaired) electrons. The minimum absolute atomic E-state index is 0.0586. The van der Waals surface area contributed by atoms with Gasteiger partial charge in [0.15, 0.2) is 6.61 Å². The van der Waals surface area contributed by atoms with Crippen molar-refractivity contribution in [2.45, 2.75) is 19.4 Å². The van der Waals surface area contributed by atoms with Crippen LogP contribution >= 0.6 is 34.5 Å². The van der Waals surface area contributed by atoms with Crippen molar-refractivity contribution < 1.29 is 23.9 Å². The Balaban J connectivity index is 1.56. The summed E-state index contributed by atoms with van der Waals surface area (Å²) >= 11 is 13.3. The van der Waals surface area contributed by atoms with Gasteiger partial charge in [-0.15, -0.1) is 11.3 Å². The molecule has 3 amide bonds. The molecule has 2 rings (SSSR count). The van der Waals surface area contributed by atoms with Crippen molar-refractivity contribution in [3.05, 3.63) is 50.6 Å². The van der Waals surface area contributed by atoms with Crippen molar-refractivity contribution in [3.63, 3.8) is 0 Å². The zero-order valence-corrected chi connectivity index (χ0v) is 17.0. The number of carbonyl (C=O) groups is 3. The summed E-state index contributed by atoms with van der Waals surface area (Å²) in [6.07, 6.45) is 0.434. The van der Waals surface area contributed by atoms with Crippen LogP contribution in [0.5, 0.6) is 5.75 Å². The molecule has 0 aliphatic carbocycles. The van der Waals surface area contributed by atoms with Gasteiger partial charge in [-0.1, -0.05) is 29.3 Å². The van der Waals surface area contributed by atoms with E-state index < -0.39 is 24.5 Å². The quantitative estimate of drug-likeness (QED) is 0.453. The molecule has 0 unspecified atom stereocenters. The second kappa shape index (κ2) is 11.5. The fourth-order valence-electron chi connectivity index (χ4n) is 2.00. The number of hydrogen-bond donors (Lipinski definition) is 2. The Hall–Kier alpha value is -2.29. The fourth-order valence-corrected chi connectivity index (χ4v) is 3.10. The van der Waals surface area contributed by atoms with Gasteiger partial charge in [-0.2, -0.15) is 0 Å². The molecule has 0 saturated heterocycles. The van der Waals surface area contributed by atoms with Crippen LogP contribution in [0.2, 0.25) is 10.0 Å². The molecule has 0 atom stereocenters. The van der Waals surface area contributed by atoms with Crippen LogP contribution in [0.15, 0.2) is 35.7 Å². The van der Waals surface area contributed by atoms with Crippen molar-refractivity contribution in [1.29, 1.82) is 0 Å². The maximum Gasteiger partial charge on any atom is 0.321 e. The van der Waals surface area contributed by atoms with Gasteiger partial charge >= 0.3 is 12.0 Å². The summed E-state index contributed by atoms with van der Waals surface area (Å²) in [4.78, 5) is 35.8. The van der Waals surface area contributed by atoms with Crippen LogP contribution in [0, 0.1) is 0 Å². The first-order valence-electron chi connectivity index (χ1n) is 8.27. The number of hydrogen-bond acceptors (Lipinski definition) is 6. The predicted octanol–water partition coefficient (Wildman–Crippen LogP) is 3.78. The highest BCUT2D eigenvalue weighted by molar-refractivity contribution is 7.09. The van der Waals surface area contributed by atoms with E-state index in [0.29, 0.717) is 28.8 Å². The van der Waals surface area contributed by atoms with Gasteiger partial charge in [0.2, 0.25) is 0 Å². The fraction of sp³-hybridized carbons (Fsp3) is 0.278. The molecule has 1 heterocycles. The van der Waals surface area contributed by atoms with Crippen molar-refractivity contribution in [2.24, 2.45) is 0 Å². The largest absolute Gasteiger partial charge is 0.492 e. The highest BCUT2D eigenvalue weighted by atomic mass is 35.5. The number of benzene rings is 1. The van der Waals surface area contributed by atoms with Crippen LogP contribution in [0.4, 0.5) is 4.79 Å². The van der Waals surface area contributed by atoms with Gasteiger partial charge in [0.25, 0.3) is 5.91 Å². The van der Waals surface area contributed by atoms with E-state index in [1.165, 1.54) is 11.3 Å². The normalized spacial score (nSPS) is 10.2. The molecule has 150 valence electrons. The number of imide groups is 1. The Morgan fingerprint density at radius 2 is 1.96 bits per heavy atom. The third-order valence-electron chi connectivity index (χ3n) is 3.30. The summed E-state index contributed by atoms with van der Waals surface area (Å²) in [5, 5.41) is 7.38. The number of thiophene rings is 1. The third kappa shape index (κ3) is 8.16. The number of ether oxygens (including phenoxy) is 2. The number of esters is 1. The Kier molecular flexibility index (Phi) is 9.06. The Morgan fingerprint density at radius 3 is 2.68 bits per heavy atom. The van der Waals surface area contributed by atoms with Crippen LogP contribution < -0.4 is 15.4 Å². The topological polar surface area (TPSA) is 93.7 Å². The Bertz CT molecular complexity index is 814. The first-order chi connectivity index (χ1) is 13.4.